The second kappa shape index (κ2) is 5.75. The van der Waals surface area contributed by atoms with Gasteiger partial charge in [-0.3, -0.25) is 0 Å². The first-order chi connectivity index (χ1) is 8.61. The van der Waals surface area contributed by atoms with Gasteiger partial charge in [0.15, 0.2) is 0 Å². The zero-order valence-corrected chi connectivity index (χ0v) is 12.6. The van der Waals surface area contributed by atoms with Crippen LogP contribution in [0.3, 0.4) is 0 Å². The first-order valence-electron chi connectivity index (χ1n) is 6.54. The number of hydrogen-bond acceptors (Lipinski definition) is 2. The molecule has 1 aliphatic carbocycles. The van der Waals surface area contributed by atoms with Crippen LogP contribution < -0.4 is 4.90 Å². The lowest BCUT2D eigenvalue weighted by molar-refractivity contribution is 0.336. The maximum atomic E-state index is 9.24. The predicted molar refractivity (Wildman–Crippen MR) is 78.7 cm³/mol. The van der Waals surface area contributed by atoms with Gasteiger partial charge in [0.05, 0.1) is 11.3 Å². The summed E-state index contributed by atoms with van der Waals surface area (Å²) in [5.41, 5.74) is 1.81. The highest BCUT2D eigenvalue weighted by Gasteiger charge is 2.23. The summed E-state index contributed by atoms with van der Waals surface area (Å²) in [5.74, 6) is 0.798. The zero-order chi connectivity index (χ0) is 13.1. The number of rotatable bonds is 2. The third-order valence-corrected chi connectivity index (χ3v) is 4.41. The normalized spacial score (nSPS) is 23.4. The smallest absolute Gasteiger partial charge is 0.101 e. The van der Waals surface area contributed by atoms with Crippen LogP contribution >= 0.6 is 15.9 Å². The topological polar surface area (TPSA) is 27.0 Å². The van der Waals surface area contributed by atoms with E-state index in [2.05, 4.69) is 40.9 Å². The van der Waals surface area contributed by atoms with Crippen molar-refractivity contribution in [2.24, 2.45) is 5.92 Å². The molecule has 0 aromatic heterocycles. The van der Waals surface area contributed by atoms with Crippen LogP contribution in [0.4, 0.5) is 5.69 Å². The number of halogens is 1. The fourth-order valence-corrected chi connectivity index (χ4v) is 3.22. The van der Waals surface area contributed by atoms with Crippen LogP contribution in [0.5, 0.6) is 0 Å². The van der Waals surface area contributed by atoms with E-state index < -0.39 is 0 Å². The molecule has 2 unspecified atom stereocenters. The van der Waals surface area contributed by atoms with Crippen molar-refractivity contribution in [3.8, 4) is 6.07 Å². The maximum absolute atomic E-state index is 9.24. The monoisotopic (exact) mass is 306 g/mol. The Kier molecular flexibility index (Phi) is 4.29. The largest absolute Gasteiger partial charge is 0.371 e. The highest BCUT2D eigenvalue weighted by Crippen LogP contribution is 2.31. The third-order valence-electron chi connectivity index (χ3n) is 3.92. The minimum Gasteiger partial charge on any atom is -0.371 e. The molecule has 1 aromatic rings. The van der Waals surface area contributed by atoms with Crippen LogP contribution in [0.2, 0.25) is 0 Å². The van der Waals surface area contributed by atoms with Crippen molar-refractivity contribution < 1.29 is 0 Å². The number of benzene rings is 1. The fraction of sp³-hybridized carbons (Fsp3) is 0.533. The van der Waals surface area contributed by atoms with Gasteiger partial charge in [-0.1, -0.05) is 35.7 Å². The van der Waals surface area contributed by atoms with E-state index in [1.807, 2.05) is 18.2 Å². The Balaban J connectivity index is 2.23. The van der Waals surface area contributed by atoms with Crippen LogP contribution in [0.15, 0.2) is 22.7 Å². The van der Waals surface area contributed by atoms with Crippen molar-refractivity contribution in [1.82, 2.24) is 0 Å². The van der Waals surface area contributed by atoms with E-state index in [1.165, 1.54) is 25.7 Å². The Morgan fingerprint density at radius 2 is 2.17 bits per heavy atom. The second-order valence-electron chi connectivity index (χ2n) is 5.31. The molecular weight excluding hydrogens is 288 g/mol. The van der Waals surface area contributed by atoms with Gasteiger partial charge < -0.3 is 4.90 Å². The highest BCUT2D eigenvalue weighted by molar-refractivity contribution is 9.10. The van der Waals surface area contributed by atoms with Gasteiger partial charge in [0.2, 0.25) is 0 Å². The summed E-state index contributed by atoms with van der Waals surface area (Å²) >= 11 is 3.42. The van der Waals surface area contributed by atoms with Crippen molar-refractivity contribution >= 4 is 21.6 Å². The molecule has 2 nitrogen and oxygen atoms in total. The van der Waals surface area contributed by atoms with Gasteiger partial charge >= 0.3 is 0 Å². The summed E-state index contributed by atoms with van der Waals surface area (Å²) in [6.07, 6.45) is 5.11. The van der Waals surface area contributed by atoms with Crippen molar-refractivity contribution in [3.05, 3.63) is 28.2 Å². The van der Waals surface area contributed by atoms with E-state index in [0.29, 0.717) is 6.04 Å². The molecule has 1 saturated carbocycles. The van der Waals surface area contributed by atoms with Gasteiger partial charge in [0.1, 0.15) is 6.07 Å². The summed E-state index contributed by atoms with van der Waals surface area (Å²) in [4.78, 5) is 2.29. The van der Waals surface area contributed by atoms with Gasteiger partial charge in [0.25, 0.3) is 0 Å². The average Bonchev–Trinajstić information content (AvgIpc) is 2.37. The lowest BCUT2D eigenvalue weighted by Crippen LogP contribution is -2.35. The minimum atomic E-state index is 0.571. The zero-order valence-electron chi connectivity index (χ0n) is 11.0. The third kappa shape index (κ3) is 2.87. The SMILES string of the molecule is CC1CCCC(N(C)c2ccc(Br)cc2C#N)C1. The number of nitriles is 1. The summed E-state index contributed by atoms with van der Waals surface area (Å²) in [7, 11) is 2.12. The van der Waals surface area contributed by atoms with E-state index in [0.717, 1.165) is 21.6 Å². The van der Waals surface area contributed by atoms with Crippen LogP contribution in [0.1, 0.15) is 38.2 Å². The van der Waals surface area contributed by atoms with Crippen LogP contribution in [0, 0.1) is 17.2 Å². The van der Waals surface area contributed by atoms with E-state index >= 15 is 0 Å². The summed E-state index contributed by atoms with van der Waals surface area (Å²) in [6.45, 7) is 2.33. The molecule has 2 rings (SSSR count). The molecule has 1 aliphatic rings. The average molecular weight is 307 g/mol. The van der Waals surface area contributed by atoms with E-state index in [-0.39, 0.29) is 0 Å². The van der Waals surface area contributed by atoms with Gasteiger partial charge in [-0.05, 0) is 37.0 Å². The Hall–Kier alpha value is -1.01. The lowest BCUT2D eigenvalue weighted by Gasteiger charge is -2.36. The molecule has 18 heavy (non-hydrogen) atoms. The molecule has 0 spiro atoms. The fourth-order valence-electron chi connectivity index (χ4n) is 2.86. The van der Waals surface area contributed by atoms with E-state index in [1.54, 1.807) is 0 Å². The minimum absolute atomic E-state index is 0.571. The Morgan fingerprint density at radius 1 is 1.39 bits per heavy atom. The predicted octanol–water partition coefficient (Wildman–Crippen LogP) is 4.34. The molecule has 3 heteroatoms. The van der Waals surface area contributed by atoms with Gasteiger partial charge in [-0.15, -0.1) is 0 Å². The molecular formula is C15H19BrN2. The van der Waals surface area contributed by atoms with Crippen LogP contribution in [-0.4, -0.2) is 13.1 Å². The van der Waals surface area contributed by atoms with E-state index in [9.17, 15) is 5.26 Å². The molecule has 96 valence electrons. The first kappa shape index (κ1) is 13.4. The second-order valence-corrected chi connectivity index (χ2v) is 6.23. The van der Waals surface area contributed by atoms with Crippen molar-refractivity contribution in [2.45, 2.75) is 38.6 Å². The molecule has 0 aliphatic heterocycles. The number of hydrogen-bond donors (Lipinski definition) is 0. The van der Waals surface area contributed by atoms with Crippen molar-refractivity contribution in [3.63, 3.8) is 0 Å². The number of nitrogens with zero attached hydrogens (tertiary/aromatic N) is 2. The van der Waals surface area contributed by atoms with E-state index in [4.69, 9.17) is 0 Å². The van der Waals surface area contributed by atoms with Crippen LogP contribution in [-0.2, 0) is 0 Å². The van der Waals surface area contributed by atoms with Gasteiger partial charge in [-0.25, -0.2) is 0 Å². The Bertz CT molecular complexity index is 464. The number of anilines is 1. The molecule has 0 bridgehead atoms. The standard InChI is InChI=1S/C15H19BrN2/c1-11-4-3-5-14(8-11)18(2)15-7-6-13(16)9-12(15)10-17/h6-7,9,11,14H,3-5,8H2,1-2H3. The van der Waals surface area contributed by atoms with Crippen molar-refractivity contribution in [1.29, 1.82) is 5.26 Å². The molecule has 0 N–H and O–H groups in total. The van der Waals surface area contributed by atoms with Crippen molar-refractivity contribution in [2.75, 3.05) is 11.9 Å². The van der Waals surface area contributed by atoms with Crippen LogP contribution in [0.25, 0.3) is 0 Å². The molecule has 1 fully saturated rings. The van der Waals surface area contributed by atoms with Gasteiger partial charge in [0, 0.05) is 17.6 Å². The lowest BCUT2D eigenvalue weighted by atomic mass is 9.86. The summed E-state index contributed by atoms with van der Waals surface area (Å²) < 4.78 is 0.966. The first-order valence-corrected chi connectivity index (χ1v) is 7.33. The molecule has 0 heterocycles. The summed E-state index contributed by atoms with van der Waals surface area (Å²) in [6, 6.07) is 8.82. The maximum Gasteiger partial charge on any atom is 0.101 e. The molecule has 2 atom stereocenters. The Labute approximate surface area is 118 Å². The molecule has 1 aromatic carbocycles. The highest BCUT2D eigenvalue weighted by atomic mass is 79.9. The molecule has 0 radical (unpaired) electrons. The van der Waals surface area contributed by atoms with Gasteiger partial charge in [-0.2, -0.15) is 5.26 Å². The molecule has 0 saturated heterocycles. The quantitative estimate of drug-likeness (QED) is 0.813. The molecule has 0 amide bonds. The summed E-state index contributed by atoms with van der Waals surface area (Å²) in [5, 5.41) is 9.24. The Morgan fingerprint density at radius 3 is 2.83 bits per heavy atom.